The van der Waals surface area contributed by atoms with Gasteiger partial charge in [0.15, 0.2) is 0 Å². The van der Waals surface area contributed by atoms with E-state index in [0.29, 0.717) is 10.8 Å². The molecule has 2 aliphatic rings. The second-order valence-electron chi connectivity index (χ2n) is 8.49. The van der Waals surface area contributed by atoms with E-state index in [0.717, 1.165) is 37.0 Å². The predicted molar refractivity (Wildman–Crippen MR) is 112 cm³/mol. The number of carbonyl (C=O) groups excluding carboxylic acids is 1. The van der Waals surface area contributed by atoms with Gasteiger partial charge in [-0.05, 0) is 93.4 Å². The SMILES string of the molecule is C=CCCCC1CCC(C2CCC(C(=O)Oc3ccc(Cl)cc3)CC2)CC1. The van der Waals surface area contributed by atoms with Gasteiger partial charge in [0.05, 0.1) is 5.92 Å². The van der Waals surface area contributed by atoms with Crippen LogP contribution in [-0.2, 0) is 4.79 Å². The van der Waals surface area contributed by atoms with Crippen molar-refractivity contribution in [3.8, 4) is 5.75 Å². The van der Waals surface area contributed by atoms with Gasteiger partial charge in [-0.15, -0.1) is 6.58 Å². The van der Waals surface area contributed by atoms with Crippen molar-refractivity contribution in [2.75, 3.05) is 0 Å². The summed E-state index contributed by atoms with van der Waals surface area (Å²) in [6.45, 7) is 3.82. The quantitative estimate of drug-likeness (QED) is 0.213. The maximum absolute atomic E-state index is 12.4. The zero-order chi connectivity index (χ0) is 19.1. The largest absolute Gasteiger partial charge is 0.426 e. The number of ether oxygens (including phenoxy) is 1. The molecule has 3 rings (SSSR count). The number of allylic oxidation sites excluding steroid dienone is 1. The smallest absolute Gasteiger partial charge is 0.314 e. The Balaban J connectivity index is 1.38. The highest BCUT2D eigenvalue weighted by Gasteiger charge is 2.33. The molecule has 2 saturated carbocycles. The Bertz CT molecular complexity index is 593. The van der Waals surface area contributed by atoms with Gasteiger partial charge in [0.25, 0.3) is 0 Å². The number of unbranched alkanes of at least 4 members (excludes halogenated alkanes) is 1. The predicted octanol–water partition coefficient (Wildman–Crippen LogP) is 7.21. The fourth-order valence-electron chi connectivity index (χ4n) is 5.03. The first-order chi connectivity index (χ1) is 13.2. The molecule has 0 aromatic heterocycles. The minimum absolute atomic E-state index is 0.0622. The molecule has 2 aliphatic carbocycles. The van der Waals surface area contributed by atoms with Crippen LogP contribution in [0.3, 0.4) is 0 Å². The molecule has 0 unspecified atom stereocenters. The Morgan fingerprint density at radius 2 is 1.59 bits per heavy atom. The van der Waals surface area contributed by atoms with E-state index in [4.69, 9.17) is 16.3 Å². The van der Waals surface area contributed by atoms with Crippen LogP contribution in [0.2, 0.25) is 5.02 Å². The number of carbonyl (C=O) groups is 1. The highest BCUT2D eigenvalue weighted by Crippen LogP contribution is 2.42. The van der Waals surface area contributed by atoms with Gasteiger partial charge < -0.3 is 4.74 Å². The molecule has 0 amide bonds. The molecule has 0 N–H and O–H groups in total. The van der Waals surface area contributed by atoms with E-state index >= 15 is 0 Å². The van der Waals surface area contributed by atoms with Gasteiger partial charge in [-0.2, -0.15) is 0 Å². The summed E-state index contributed by atoms with van der Waals surface area (Å²) in [7, 11) is 0. The highest BCUT2D eigenvalue weighted by molar-refractivity contribution is 6.30. The van der Waals surface area contributed by atoms with E-state index in [2.05, 4.69) is 6.58 Å². The van der Waals surface area contributed by atoms with Crippen LogP contribution in [0, 0.1) is 23.7 Å². The van der Waals surface area contributed by atoms with E-state index in [-0.39, 0.29) is 11.9 Å². The molecule has 2 nitrogen and oxygen atoms in total. The Morgan fingerprint density at radius 1 is 1.00 bits per heavy atom. The van der Waals surface area contributed by atoms with Crippen molar-refractivity contribution >= 4 is 17.6 Å². The Labute approximate surface area is 169 Å². The molecular formula is C24H33ClO2. The van der Waals surface area contributed by atoms with Crippen molar-refractivity contribution in [3.05, 3.63) is 41.9 Å². The van der Waals surface area contributed by atoms with Crippen molar-refractivity contribution in [1.29, 1.82) is 0 Å². The normalized spacial score (nSPS) is 28.5. The van der Waals surface area contributed by atoms with E-state index in [9.17, 15) is 4.79 Å². The van der Waals surface area contributed by atoms with Gasteiger partial charge in [0, 0.05) is 5.02 Å². The molecule has 0 bridgehead atoms. The average Bonchev–Trinajstić information content (AvgIpc) is 2.70. The van der Waals surface area contributed by atoms with E-state index < -0.39 is 0 Å². The molecule has 0 aliphatic heterocycles. The number of benzene rings is 1. The zero-order valence-corrected chi connectivity index (χ0v) is 17.1. The maximum Gasteiger partial charge on any atom is 0.314 e. The van der Waals surface area contributed by atoms with E-state index in [1.165, 1.54) is 51.4 Å². The fraction of sp³-hybridized carbons (Fsp3) is 0.625. The summed E-state index contributed by atoms with van der Waals surface area (Å²) in [6.07, 6.45) is 15.8. The molecule has 148 valence electrons. The molecule has 0 heterocycles. The summed E-state index contributed by atoms with van der Waals surface area (Å²) in [5, 5.41) is 0.658. The Kier molecular flexibility index (Phi) is 7.81. The van der Waals surface area contributed by atoms with Crippen LogP contribution >= 0.6 is 11.6 Å². The molecule has 0 radical (unpaired) electrons. The molecule has 0 spiro atoms. The molecule has 2 fully saturated rings. The van der Waals surface area contributed by atoms with Crippen molar-refractivity contribution in [2.45, 2.75) is 70.6 Å². The topological polar surface area (TPSA) is 26.3 Å². The van der Waals surface area contributed by atoms with Crippen LogP contribution in [0.4, 0.5) is 0 Å². The molecule has 0 saturated heterocycles. The van der Waals surface area contributed by atoms with E-state index in [1.54, 1.807) is 24.3 Å². The second kappa shape index (κ2) is 10.3. The highest BCUT2D eigenvalue weighted by atomic mass is 35.5. The van der Waals surface area contributed by atoms with Gasteiger partial charge in [0.2, 0.25) is 0 Å². The van der Waals surface area contributed by atoms with Gasteiger partial charge in [-0.3, -0.25) is 4.79 Å². The van der Waals surface area contributed by atoms with Crippen molar-refractivity contribution < 1.29 is 9.53 Å². The summed E-state index contributed by atoms with van der Waals surface area (Å²) in [5.74, 6) is 3.23. The number of hydrogen-bond acceptors (Lipinski definition) is 2. The van der Waals surface area contributed by atoms with Crippen molar-refractivity contribution in [1.82, 2.24) is 0 Å². The summed E-state index contributed by atoms with van der Waals surface area (Å²) < 4.78 is 5.55. The standard InChI is InChI=1S/C24H33ClO2/c1-2-3-4-5-18-6-8-19(9-7-18)20-10-12-21(13-11-20)24(26)27-23-16-14-22(25)15-17-23/h2,14-21H,1,3-13H2. The minimum Gasteiger partial charge on any atom is -0.426 e. The first kappa shape index (κ1) is 20.5. The second-order valence-corrected chi connectivity index (χ2v) is 8.92. The van der Waals surface area contributed by atoms with Crippen LogP contribution < -0.4 is 4.74 Å². The molecule has 1 aromatic carbocycles. The van der Waals surface area contributed by atoms with Crippen LogP contribution in [-0.4, -0.2) is 5.97 Å². The van der Waals surface area contributed by atoms with Gasteiger partial charge in [-0.25, -0.2) is 0 Å². The summed E-state index contributed by atoms with van der Waals surface area (Å²) in [5.41, 5.74) is 0. The summed E-state index contributed by atoms with van der Waals surface area (Å²) >= 11 is 5.88. The average molecular weight is 389 g/mol. The monoisotopic (exact) mass is 388 g/mol. The lowest BCUT2D eigenvalue weighted by Gasteiger charge is -2.37. The number of halogens is 1. The first-order valence-corrected chi connectivity index (χ1v) is 11.1. The molecule has 0 atom stereocenters. The Hall–Kier alpha value is -1.28. The first-order valence-electron chi connectivity index (χ1n) is 10.7. The van der Waals surface area contributed by atoms with Gasteiger partial charge in [-0.1, -0.05) is 36.9 Å². The molecular weight excluding hydrogens is 356 g/mol. The third kappa shape index (κ3) is 6.10. The zero-order valence-electron chi connectivity index (χ0n) is 16.4. The lowest BCUT2D eigenvalue weighted by molar-refractivity contribution is -0.140. The van der Waals surface area contributed by atoms with Crippen molar-refractivity contribution in [3.63, 3.8) is 0 Å². The van der Waals surface area contributed by atoms with E-state index in [1.807, 2.05) is 6.08 Å². The van der Waals surface area contributed by atoms with Gasteiger partial charge >= 0.3 is 5.97 Å². The lowest BCUT2D eigenvalue weighted by Crippen LogP contribution is -2.30. The molecule has 3 heteroatoms. The number of esters is 1. The van der Waals surface area contributed by atoms with Gasteiger partial charge in [0.1, 0.15) is 5.75 Å². The van der Waals surface area contributed by atoms with Crippen LogP contribution in [0.25, 0.3) is 0 Å². The molecule has 1 aromatic rings. The maximum atomic E-state index is 12.4. The van der Waals surface area contributed by atoms with Crippen molar-refractivity contribution in [2.24, 2.45) is 23.7 Å². The summed E-state index contributed by atoms with van der Waals surface area (Å²) in [4.78, 5) is 12.4. The third-order valence-corrected chi connectivity index (χ3v) is 6.97. The lowest BCUT2D eigenvalue weighted by atomic mass is 9.68. The fourth-order valence-corrected chi connectivity index (χ4v) is 5.15. The number of hydrogen-bond donors (Lipinski definition) is 0. The summed E-state index contributed by atoms with van der Waals surface area (Å²) in [6, 6.07) is 7.04. The third-order valence-electron chi connectivity index (χ3n) is 6.72. The van der Waals surface area contributed by atoms with Crippen LogP contribution in [0.1, 0.15) is 70.6 Å². The minimum atomic E-state index is -0.0679. The molecule has 27 heavy (non-hydrogen) atoms. The Morgan fingerprint density at radius 3 is 2.19 bits per heavy atom. The van der Waals surface area contributed by atoms with Crippen LogP contribution in [0.15, 0.2) is 36.9 Å². The van der Waals surface area contributed by atoms with Crippen LogP contribution in [0.5, 0.6) is 5.75 Å². The number of rotatable bonds is 7.